The second kappa shape index (κ2) is 9.43. The molecule has 1 aromatic carbocycles. The van der Waals surface area contributed by atoms with Crippen molar-refractivity contribution in [3.63, 3.8) is 0 Å². The first-order valence-electron chi connectivity index (χ1n) is 12.3. The van der Waals surface area contributed by atoms with Gasteiger partial charge in [-0.3, -0.25) is 9.78 Å². The van der Waals surface area contributed by atoms with E-state index in [1.165, 1.54) is 0 Å². The maximum Gasteiger partial charge on any atom is 0.223 e. The van der Waals surface area contributed by atoms with E-state index in [0.29, 0.717) is 46.8 Å². The number of hydrogen-bond acceptors (Lipinski definition) is 6. The number of fused-ring (bicyclic) bond motifs is 2. The number of carbonyl (C=O) groups is 1. The molecule has 4 heterocycles. The van der Waals surface area contributed by atoms with Gasteiger partial charge in [0.2, 0.25) is 11.6 Å². The third kappa shape index (κ3) is 4.55. The lowest BCUT2D eigenvalue weighted by atomic mass is 9.98. The molecule has 6 rings (SSSR count). The van der Waals surface area contributed by atoms with Gasteiger partial charge in [0, 0.05) is 37.8 Å². The van der Waals surface area contributed by atoms with Gasteiger partial charge in [-0.1, -0.05) is 6.07 Å². The number of nitrogens with zero attached hydrogens (tertiary/aromatic N) is 6. The average Bonchev–Trinajstić information content (AvgIpc) is 3.49. The highest BCUT2D eigenvalue weighted by Gasteiger charge is 2.38. The molecule has 4 aromatic rings. The number of pyridine rings is 1. The maximum atomic E-state index is 14.2. The largest absolute Gasteiger partial charge is 0.353 e. The van der Waals surface area contributed by atoms with E-state index in [9.17, 15) is 9.18 Å². The Kier molecular flexibility index (Phi) is 6.09. The molecule has 188 valence electrons. The van der Waals surface area contributed by atoms with Gasteiger partial charge in [0.05, 0.1) is 29.7 Å². The zero-order valence-electron chi connectivity index (χ0n) is 19.9. The normalized spacial score (nSPS) is 20.6. The summed E-state index contributed by atoms with van der Waals surface area (Å²) in [5.74, 6) is 0.788. The minimum absolute atomic E-state index is 0.0637. The molecule has 0 radical (unpaired) electrons. The number of amides is 1. The van der Waals surface area contributed by atoms with Gasteiger partial charge < -0.3 is 10.6 Å². The van der Waals surface area contributed by atoms with Crippen molar-refractivity contribution in [3.8, 4) is 5.69 Å². The molecule has 1 aliphatic heterocycles. The van der Waals surface area contributed by atoms with Crippen molar-refractivity contribution in [3.05, 3.63) is 58.5 Å². The highest BCUT2D eigenvalue weighted by Crippen LogP contribution is 2.34. The van der Waals surface area contributed by atoms with Crippen molar-refractivity contribution in [2.45, 2.75) is 31.4 Å². The minimum Gasteiger partial charge on any atom is -0.353 e. The third-order valence-corrected chi connectivity index (χ3v) is 7.90. The van der Waals surface area contributed by atoms with E-state index in [-0.39, 0.29) is 24.3 Å². The average molecular weight is 563 g/mol. The number of alkyl halides is 1. The molecule has 0 spiro atoms. The summed E-state index contributed by atoms with van der Waals surface area (Å²) in [6.45, 7) is 8.26. The van der Waals surface area contributed by atoms with Crippen LogP contribution < -0.4 is 10.6 Å². The van der Waals surface area contributed by atoms with Crippen molar-refractivity contribution in [2.75, 3.05) is 19.6 Å². The number of hydrogen-bond donors (Lipinski definition) is 2. The monoisotopic (exact) mass is 562 g/mol. The summed E-state index contributed by atoms with van der Waals surface area (Å²) in [6, 6.07) is 7.47. The van der Waals surface area contributed by atoms with Crippen LogP contribution in [0, 0.1) is 18.4 Å². The molecule has 1 aliphatic carbocycles. The molecular formula is C26H24BrFN8O. The van der Waals surface area contributed by atoms with Crippen molar-refractivity contribution in [2.24, 2.45) is 11.8 Å². The fourth-order valence-corrected chi connectivity index (χ4v) is 5.65. The summed E-state index contributed by atoms with van der Waals surface area (Å²) in [7, 11) is 0. The van der Waals surface area contributed by atoms with Crippen LogP contribution in [0.15, 0.2) is 41.3 Å². The molecule has 2 aliphatic rings. The quantitative estimate of drug-likeness (QED) is 0.343. The van der Waals surface area contributed by atoms with Gasteiger partial charge in [0.15, 0.2) is 11.3 Å². The Labute approximate surface area is 220 Å². The Hall–Kier alpha value is -3.49. The van der Waals surface area contributed by atoms with Crippen LogP contribution in [0.3, 0.4) is 0 Å². The molecule has 2 N–H and O–H groups in total. The van der Waals surface area contributed by atoms with Gasteiger partial charge >= 0.3 is 0 Å². The van der Waals surface area contributed by atoms with E-state index >= 15 is 0 Å². The molecule has 1 amide bonds. The molecule has 3 aromatic heterocycles. The van der Waals surface area contributed by atoms with Crippen molar-refractivity contribution in [1.29, 1.82) is 0 Å². The summed E-state index contributed by atoms with van der Waals surface area (Å²) in [5.41, 5.74) is 1.15. The zero-order valence-corrected chi connectivity index (χ0v) is 21.5. The minimum atomic E-state index is -1.31. The Morgan fingerprint density at radius 1 is 1.32 bits per heavy atom. The molecule has 37 heavy (non-hydrogen) atoms. The van der Waals surface area contributed by atoms with Gasteiger partial charge in [0.1, 0.15) is 10.4 Å². The summed E-state index contributed by atoms with van der Waals surface area (Å²) < 4.78 is 16.5. The second-order valence-electron chi connectivity index (χ2n) is 9.93. The van der Waals surface area contributed by atoms with Crippen LogP contribution in [0.2, 0.25) is 0 Å². The van der Waals surface area contributed by atoms with E-state index in [2.05, 4.69) is 46.5 Å². The molecule has 1 saturated carbocycles. The topological polar surface area (TPSA) is 102 Å². The van der Waals surface area contributed by atoms with Gasteiger partial charge in [0.25, 0.3) is 0 Å². The Morgan fingerprint density at radius 3 is 2.97 bits per heavy atom. The highest BCUT2D eigenvalue weighted by molar-refractivity contribution is 9.10. The van der Waals surface area contributed by atoms with E-state index in [4.69, 9.17) is 11.6 Å². The lowest BCUT2D eigenvalue weighted by molar-refractivity contribution is -0.125. The highest BCUT2D eigenvalue weighted by atomic mass is 79.9. The Bertz CT molecular complexity index is 1560. The number of carbonyl (C=O) groups excluding carboxylic acids is 1. The molecule has 1 saturated heterocycles. The lowest BCUT2D eigenvalue weighted by Gasteiger charge is -2.35. The van der Waals surface area contributed by atoms with E-state index in [1.807, 2.05) is 18.2 Å². The number of rotatable bonds is 6. The summed E-state index contributed by atoms with van der Waals surface area (Å²) in [5, 5.41) is 11.9. The van der Waals surface area contributed by atoms with Crippen LogP contribution in [-0.2, 0) is 11.2 Å². The summed E-state index contributed by atoms with van der Waals surface area (Å²) in [4.78, 5) is 30.0. The van der Waals surface area contributed by atoms with Crippen LogP contribution in [-0.4, -0.2) is 55.9 Å². The number of aromatic nitrogens is 5. The first kappa shape index (κ1) is 23.9. The second-order valence-corrected chi connectivity index (χ2v) is 10.7. The van der Waals surface area contributed by atoms with Crippen molar-refractivity contribution in [1.82, 2.24) is 35.4 Å². The maximum absolute atomic E-state index is 14.2. The summed E-state index contributed by atoms with van der Waals surface area (Å²) >= 11 is 3.51. The first-order valence-corrected chi connectivity index (χ1v) is 13.1. The van der Waals surface area contributed by atoms with Gasteiger partial charge in [-0.15, -0.1) is 0 Å². The Morgan fingerprint density at radius 2 is 2.19 bits per heavy atom. The Balaban J connectivity index is 1.22. The fraction of sp³-hybridized carbons (Fsp3) is 0.385. The fourth-order valence-electron chi connectivity index (χ4n) is 5.22. The smallest absolute Gasteiger partial charge is 0.223 e. The van der Waals surface area contributed by atoms with Crippen LogP contribution in [0.5, 0.6) is 0 Å². The molecule has 11 heteroatoms. The predicted molar refractivity (Wildman–Crippen MR) is 140 cm³/mol. The van der Waals surface area contributed by atoms with Gasteiger partial charge in [-0.25, -0.2) is 23.9 Å². The van der Waals surface area contributed by atoms with Crippen LogP contribution >= 0.6 is 15.9 Å². The molecule has 9 nitrogen and oxygen atoms in total. The third-order valence-electron chi connectivity index (χ3n) is 7.31. The van der Waals surface area contributed by atoms with Gasteiger partial charge in [-0.2, -0.15) is 5.10 Å². The zero-order chi connectivity index (χ0) is 25.6. The van der Waals surface area contributed by atoms with E-state index < -0.39 is 5.67 Å². The van der Waals surface area contributed by atoms with Crippen molar-refractivity contribution >= 4 is 49.5 Å². The molecular weight excluding hydrogens is 539 g/mol. The number of nitrogens with one attached hydrogen (secondary N) is 2. The number of halogens is 2. The standard InChI is InChI=1S/C26H24BrFN8O/c1-29-20-10-18(9-16-3-2-6-31-22(16)20)36-24-19(23(27)35-36)11-32-21(34-24)8-15-4-5-17(7-15)25(37)33-14-26(28)12-30-13-26/h2-3,6,9-11,15,17,30H,4-5,7-8,12-14H2,(H,33,37)/t15-,17-/m1/s1. The molecule has 2 atom stereocenters. The van der Waals surface area contributed by atoms with Gasteiger partial charge in [-0.05, 0) is 64.7 Å². The van der Waals surface area contributed by atoms with Crippen LogP contribution in [0.25, 0.3) is 32.5 Å². The van der Waals surface area contributed by atoms with Crippen LogP contribution in [0.1, 0.15) is 25.1 Å². The summed E-state index contributed by atoms with van der Waals surface area (Å²) in [6.07, 6.45) is 6.50. The SMILES string of the molecule is [C-]#[N+]c1cc(-n2nc(Br)c3cnc(C[C@@H]4CC[C@@H](C(=O)NCC5(F)CNC5)C4)nc32)cc2cccnc12. The van der Waals surface area contributed by atoms with Crippen molar-refractivity contribution < 1.29 is 9.18 Å². The predicted octanol–water partition coefficient (Wildman–Crippen LogP) is 4.06. The molecule has 0 unspecified atom stereocenters. The molecule has 0 bridgehead atoms. The lowest BCUT2D eigenvalue weighted by Crippen LogP contribution is -2.61. The number of benzene rings is 1. The van der Waals surface area contributed by atoms with Crippen LogP contribution in [0.4, 0.5) is 10.1 Å². The molecule has 2 fully saturated rings. The van der Waals surface area contributed by atoms with E-state index in [1.54, 1.807) is 23.1 Å². The van der Waals surface area contributed by atoms with E-state index in [0.717, 1.165) is 35.7 Å². The first-order chi connectivity index (χ1) is 17.9.